The number of nitrogens with two attached hydrogens (primary N) is 1. The first-order valence-electron chi connectivity index (χ1n) is 8.88. The van der Waals surface area contributed by atoms with E-state index in [1.54, 1.807) is 7.11 Å². The number of nitrogens with zero attached hydrogens (tertiary/aromatic N) is 2. The van der Waals surface area contributed by atoms with Crippen LogP contribution in [-0.4, -0.2) is 35.5 Å². The van der Waals surface area contributed by atoms with Crippen LogP contribution in [0.1, 0.15) is 31.3 Å². The molecule has 7 heteroatoms. The van der Waals surface area contributed by atoms with Gasteiger partial charge >= 0.3 is 0 Å². The molecule has 0 spiro atoms. The lowest BCUT2D eigenvalue weighted by atomic mass is 10.1. The van der Waals surface area contributed by atoms with E-state index in [1.165, 1.54) is 0 Å². The van der Waals surface area contributed by atoms with Crippen LogP contribution in [0.4, 0.5) is 0 Å². The standard InChI is InChI=1S/C20H24N4O3/c1-4-26-16-11-8-14(12-17(16)27-5-2)19-22-20(24-23-19)18(21)13-6-9-15(25-3)10-7-13/h6-12,18H,4-5,21H2,1-3H3,(H,22,23,24). The molecule has 1 atom stereocenters. The van der Waals surface area contributed by atoms with Gasteiger partial charge in [-0.25, -0.2) is 4.98 Å². The maximum atomic E-state index is 6.32. The molecule has 1 heterocycles. The molecule has 27 heavy (non-hydrogen) atoms. The van der Waals surface area contributed by atoms with E-state index < -0.39 is 6.04 Å². The quantitative estimate of drug-likeness (QED) is 0.633. The van der Waals surface area contributed by atoms with E-state index in [2.05, 4.69) is 15.2 Å². The Morgan fingerprint density at radius 3 is 2.37 bits per heavy atom. The zero-order valence-corrected chi connectivity index (χ0v) is 15.7. The summed E-state index contributed by atoms with van der Waals surface area (Å²) in [6.45, 7) is 4.99. The number of rotatable bonds is 8. The highest BCUT2D eigenvalue weighted by Gasteiger charge is 2.16. The second-order valence-electron chi connectivity index (χ2n) is 5.82. The van der Waals surface area contributed by atoms with Gasteiger partial charge in [0.15, 0.2) is 17.3 Å². The Morgan fingerprint density at radius 2 is 1.70 bits per heavy atom. The van der Waals surface area contributed by atoms with Crippen LogP contribution in [0.25, 0.3) is 11.4 Å². The van der Waals surface area contributed by atoms with Crippen molar-refractivity contribution in [1.29, 1.82) is 0 Å². The molecular weight excluding hydrogens is 344 g/mol. The summed E-state index contributed by atoms with van der Waals surface area (Å²) in [4.78, 5) is 4.56. The lowest BCUT2D eigenvalue weighted by Crippen LogP contribution is -2.13. The minimum atomic E-state index is -0.411. The van der Waals surface area contributed by atoms with Gasteiger partial charge in [-0.2, -0.15) is 5.10 Å². The molecule has 0 fully saturated rings. The molecule has 1 aromatic heterocycles. The van der Waals surface area contributed by atoms with Crippen LogP contribution < -0.4 is 19.9 Å². The van der Waals surface area contributed by atoms with Crippen molar-refractivity contribution in [2.45, 2.75) is 19.9 Å². The smallest absolute Gasteiger partial charge is 0.181 e. The Morgan fingerprint density at radius 1 is 1.00 bits per heavy atom. The van der Waals surface area contributed by atoms with E-state index in [1.807, 2.05) is 56.3 Å². The molecule has 3 rings (SSSR count). The van der Waals surface area contributed by atoms with Crippen LogP contribution in [0.3, 0.4) is 0 Å². The maximum Gasteiger partial charge on any atom is 0.181 e. The molecule has 1 unspecified atom stereocenters. The van der Waals surface area contributed by atoms with Crippen LogP contribution >= 0.6 is 0 Å². The molecule has 0 radical (unpaired) electrons. The number of H-pyrrole nitrogens is 1. The van der Waals surface area contributed by atoms with E-state index in [9.17, 15) is 0 Å². The van der Waals surface area contributed by atoms with Crippen LogP contribution in [0.15, 0.2) is 42.5 Å². The number of hydrogen-bond donors (Lipinski definition) is 2. The molecule has 142 valence electrons. The SMILES string of the molecule is CCOc1ccc(-c2n[nH]c(C(N)c3ccc(OC)cc3)n2)cc1OCC. The molecule has 3 N–H and O–H groups in total. The van der Waals surface area contributed by atoms with Gasteiger partial charge in [0.1, 0.15) is 11.6 Å². The molecule has 0 aliphatic rings. The van der Waals surface area contributed by atoms with Crippen LogP contribution in [0, 0.1) is 0 Å². The van der Waals surface area contributed by atoms with E-state index in [-0.39, 0.29) is 0 Å². The minimum Gasteiger partial charge on any atom is -0.497 e. The third-order valence-corrected chi connectivity index (χ3v) is 4.07. The van der Waals surface area contributed by atoms with Crippen molar-refractivity contribution in [2.75, 3.05) is 20.3 Å². The van der Waals surface area contributed by atoms with Gasteiger partial charge < -0.3 is 19.9 Å². The lowest BCUT2D eigenvalue weighted by molar-refractivity contribution is 0.288. The van der Waals surface area contributed by atoms with Crippen molar-refractivity contribution in [1.82, 2.24) is 15.2 Å². The summed E-state index contributed by atoms with van der Waals surface area (Å²) in [5, 5.41) is 7.24. The number of benzene rings is 2. The number of aromatic nitrogens is 3. The van der Waals surface area contributed by atoms with Gasteiger partial charge in [-0.05, 0) is 49.7 Å². The number of ether oxygens (including phenoxy) is 3. The first-order chi connectivity index (χ1) is 13.2. The maximum absolute atomic E-state index is 6.32. The molecule has 0 amide bonds. The highest BCUT2D eigenvalue weighted by Crippen LogP contribution is 2.32. The van der Waals surface area contributed by atoms with Crippen molar-refractivity contribution in [3.05, 3.63) is 53.9 Å². The predicted octanol–water partition coefficient (Wildman–Crippen LogP) is 3.33. The zero-order chi connectivity index (χ0) is 19.2. The fourth-order valence-corrected chi connectivity index (χ4v) is 2.70. The third kappa shape index (κ3) is 4.20. The van der Waals surface area contributed by atoms with Crippen LogP contribution in [-0.2, 0) is 0 Å². The number of hydrogen-bond acceptors (Lipinski definition) is 6. The number of nitrogens with one attached hydrogen (secondary N) is 1. The average molecular weight is 368 g/mol. The van der Waals surface area contributed by atoms with Gasteiger partial charge in [-0.1, -0.05) is 12.1 Å². The number of methoxy groups -OCH3 is 1. The van der Waals surface area contributed by atoms with Crippen LogP contribution in [0.5, 0.6) is 17.2 Å². The average Bonchev–Trinajstić information content (AvgIpc) is 3.19. The first kappa shape index (κ1) is 18.7. The normalized spacial score (nSPS) is 11.9. The summed E-state index contributed by atoms with van der Waals surface area (Å²) in [6.07, 6.45) is 0. The van der Waals surface area contributed by atoms with E-state index in [0.717, 1.165) is 16.9 Å². The van der Waals surface area contributed by atoms with Crippen molar-refractivity contribution in [2.24, 2.45) is 5.73 Å². The summed E-state index contributed by atoms with van der Waals surface area (Å²) < 4.78 is 16.4. The van der Waals surface area contributed by atoms with Crippen molar-refractivity contribution >= 4 is 0 Å². The number of aromatic amines is 1. The van der Waals surface area contributed by atoms with Gasteiger partial charge in [0.05, 0.1) is 26.4 Å². The summed E-state index contributed by atoms with van der Waals surface area (Å²) in [5.74, 6) is 3.29. The first-order valence-corrected chi connectivity index (χ1v) is 8.88. The highest BCUT2D eigenvalue weighted by molar-refractivity contribution is 5.61. The van der Waals surface area contributed by atoms with E-state index in [4.69, 9.17) is 19.9 Å². The van der Waals surface area contributed by atoms with Crippen molar-refractivity contribution in [3.8, 4) is 28.6 Å². The second kappa shape index (κ2) is 8.55. The van der Waals surface area contributed by atoms with Crippen molar-refractivity contribution < 1.29 is 14.2 Å². The van der Waals surface area contributed by atoms with Gasteiger partial charge in [0, 0.05) is 5.56 Å². The Labute approximate surface area is 158 Å². The van der Waals surface area contributed by atoms with Gasteiger partial charge in [-0.15, -0.1) is 0 Å². The molecular formula is C20H24N4O3. The zero-order valence-electron chi connectivity index (χ0n) is 15.7. The summed E-state index contributed by atoms with van der Waals surface area (Å²) in [7, 11) is 1.63. The molecule has 0 bridgehead atoms. The van der Waals surface area contributed by atoms with Crippen molar-refractivity contribution in [3.63, 3.8) is 0 Å². The predicted molar refractivity (Wildman–Crippen MR) is 103 cm³/mol. The molecule has 3 aromatic rings. The molecule has 0 aliphatic carbocycles. The molecule has 0 aliphatic heterocycles. The Kier molecular flexibility index (Phi) is 5.93. The monoisotopic (exact) mass is 368 g/mol. The van der Waals surface area contributed by atoms with E-state index in [0.29, 0.717) is 36.4 Å². The summed E-state index contributed by atoms with van der Waals surface area (Å²) >= 11 is 0. The summed E-state index contributed by atoms with van der Waals surface area (Å²) in [6, 6.07) is 12.8. The minimum absolute atomic E-state index is 0.411. The van der Waals surface area contributed by atoms with Gasteiger partial charge in [0.2, 0.25) is 0 Å². The third-order valence-electron chi connectivity index (χ3n) is 4.07. The summed E-state index contributed by atoms with van der Waals surface area (Å²) in [5.41, 5.74) is 8.06. The highest BCUT2D eigenvalue weighted by atomic mass is 16.5. The molecule has 2 aromatic carbocycles. The molecule has 0 saturated heterocycles. The Balaban J connectivity index is 1.85. The molecule has 0 saturated carbocycles. The fraction of sp³-hybridized carbons (Fsp3) is 0.300. The lowest BCUT2D eigenvalue weighted by Gasteiger charge is -2.11. The van der Waals surface area contributed by atoms with Crippen LogP contribution in [0.2, 0.25) is 0 Å². The second-order valence-corrected chi connectivity index (χ2v) is 5.82. The van der Waals surface area contributed by atoms with Gasteiger partial charge in [0.25, 0.3) is 0 Å². The largest absolute Gasteiger partial charge is 0.497 e. The fourth-order valence-electron chi connectivity index (χ4n) is 2.70. The Bertz CT molecular complexity index is 877. The molecule has 7 nitrogen and oxygen atoms in total. The Hall–Kier alpha value is -3.06. The van der Waals surface area contributed by atoms with E-state index >= 15 is 0 Å². The van der Waals surface area contributed by atoms with Gasteiger partial charge in [-0.3, -0.25) is 5.10 Å². The topological polar surface area (TPSA) is 95.3 Å².